The standard InChI is InChI=1S/C29H26FN3O5/c1-16-31-29(32-33(16)2)17-3-5-19(6-4-17)37-24-12-10-23(30)28-22(24)9-11-25(28)38-20-7-8-21-18(13-27(34)35)15-36-26(21)14-20/h3-8,10,12,14,18,25H,9,11,13,15H2,1-2H3,(H,34,35)/t18?,25-/m1/s1. The fourth-order valence-corrected chi connectivity index (χ4v) is 5.11. The van der Waals surface area contributed by atoms with Crippen LogP contribution in [0.3, 0.4) is 0 Å². The van der Waals surface area contributed by atoms with Gasteiger partial charge in [-0.2, -0.15) is 5.10 Å². The average Bonchev–Trinajstić information content (AvgIpc) is 3.59. The number of fused-ring (bicyclic) bond motifs is 2. The monoisotopic (exact) mass is 515 g/mol. The van der Waals surface area contributed by atoms with Crippen LogP contribution in [0.15, 0.2) is 54.6 Å². The lowest BCUT2D eigenvalue weighted by atomic mass is 9.98. The minimum atomic E-state index is -0.862. The highest BCUT2D eigenvalue weighted by Gasteiger charge is 2.32. The fraction of sp³-hybridized carbons (Fsp3) is 0.276. The summed E-state index contributed by atoms with van der Waals surface area (Å²) >= 11 is 0. The van der Waals surface area contributed by atoms with Gasteiger partial charge in [-0.15, -0.1) is 0 Å². The normalized spacial score (nSPS) is 17.6. The molecule has 0 spiro atoms. The number of hydrogen-bond donors (Lipinski definition) is 1. The highest BCUT2D eigenvalue weighted by atomic mass is 19.1. The van der Waals surface area contributed by atoms with Gasteiger partial charge in [0.2, 0.25) is 0 Å². The molecule has 0 radical (unpaired) electrons. The SMILES string of the molecule is Cc1nc(-c2ccc(Oc3ccc(F)c4c3CC[C@H]4Oc3ccc4c(c3)OCC4CC(=O)O)cc2)nn1C. The third-order valence-corrected chi connectivity index (χ3v) is 7.12. The minimum Gasteiger partial charge on any atom is -0.492 e. The molecule has 1 N–H and O–H groups in total. The first-order valence-corrected chi connectivity index (χ1v) is 12.5. The topological polar surface area (TPSA) is 95.7 Å². The number of halogens is 1. The van der Waals surface area contributed by atoms with Gasteiger partial charge < -0.3 is 19.3 Å². The number of benzene rings is 3. The summed E-state index contributed by atoms with van der Waals surface area (Å²) in [5, 5.41) is 13.5. The second-order valence-corrected chi connectivity index (χ2v) is 9.62. The number of carboxylic acids is 1. The Hall–Kier alpha value is -4.40. The molecule has 0 bridgehead atoms. The Kier molecular flexibility index (Phi) is 5.98. The molecule has 2 atom stereocenters. The van der Waals surface area contributed by atoms with E-state index in [-0.39, 0.29) is 18.2 Å². The molecule has 2 aliphatic rings. The molecule has 0 fully saturated rings. The van der Waals surface area contributed by atoms with Crippen LogP contribution < -0.4 is 14.2 Å². The lowest BCUT2D eigenvalue weighted by Gasteiger charge is -2.17. The van der Waals surface area contributed by atoms with Gasteiger partial charge >= 0.3 is 5.97 Å². The van der Waals surface area contributed by atoms with Gasteiger partial charge in [-0.1, -0.05) is 6.07 Å². The molecule has 0 amide bonds. The van der Waals surface area contributed by atoms with Crippen LogP contribution >= 0.6 is 0 Å². The van der Waals surface area contributed by atoms with Crippen LogP contribution in [0.5, 0.6) is 23.0 Å². The number of hydrogen-bond acceptors (Lipinski definition) is 6. The predicted molar refractivity (Wildman–Crippen MR) is 136 cm³/mol. The van der Waals surface area contributed by atoms with E-state index in [0.29, 0.717) is 53.8 Å². The van der Waals surface area contributed by atoms with Crippen LogP contribution in [-0.4, -0.2) is 32.4 Å². The first kappa shape index (κ1) is 24.0. The Labute approximate surface area is 218 Å². The fourth-order valence-electron chi connectivity index (χ4n) is 5.11. The van der Waals surface area contributed by atoms with Gasteiger partial charge in [0.25, 0.3) is 0 Å². The van der Waals surface area contributed by atoms with Crippen molar-refractivity contribution < 1.29 is 28.5 Å². The van der Waals surface area contributed by atoms with Crippen LogP contribution in [0.25, 0.3) is 11.4 Å². The number of rotatable bonds is 7. The van der Waals surface area contributed by atoms with E-state index in [1.54, 1.807) is 22.9 Å². The number of ether oxygens (including phenoxy) is 3. The van der Waals surface area contributed by atoms with Gasteiger partial charge in [-0.25, -0.2) is 9.37 Å². The predicted octanol–water partition coefficient (Wildman–Crippen LogP) is 5.74. The molecule has 1 aromatic heterocycles. The molecule has 1 unspecified atom stereocenters. The molecular formula is C29H26FN3O5. The van der Waals surface area contributed by atoms with E-state index in [9.17, 15) is 9.18 Å². The molecular weight excluding hydrogens is 489 g/mol. The summed E-state index contributed by atoms with van der Waals surface area (Å²) in [5.41, 5.74) is 3.03. The lowest BCUT2D eigenvalue weighted by molar-refractivity contribution is -0.137. The van der Waals surface area contributed by atoms with Gasteiger partial charge in [0.1, 0.15) is 40.7 Å². The summed E-state index contributed by atoms with van der Waals surface area (Å²) < 4.78 is 34.8. The van der Waals surface area contributed by atoms with Crippen LogP contribution in [0, 0.1) is 12.7 Å². The maximum Gasteiger partial charge on any atom is 0.304 e. The van der Waals surface area contributed by atoms with E-state index in [1.165, 1.54) is 6.07 Å². The van der Waals surface area contributed by atoms with Crippen molar-refractivity contribution >= 4 is 5.97 Å². The van der Waals surface area contributed by atoms with E-state index in [0.717, 1.165) is 22.5 Å². The van der Waals surface area contributed by atoms with Crippen molar-refractivity contribution in [3.05, 3.63) is 82.9 Å². The Morgan fingerprint density at radius 3 is 2.68 bits per heavy atom. The zero-order valence-electron chi connectivity index (χ0n) is 21.0. The summed E-state index contributed by atoms with van der Waals surface area (Å²) in [4.78, 5) is 15.6. The van der Waals surface area contributed by atoms with Crippen LogP contribution in [0.1, 0.15) is 47.4 Å². The Balaban J connectivity index is 1.20. The number of carbonyl (C=O) groups is 1. The first-order chi connectivity index (χ1) is 18.4. The molecule has 9 heteroatoms. The number of nitrogens with zero attached hydrogens (tertiary/aromatic N) is 3. The molecule has 2 heterocycles. The molecule has 6 rings (SSSR count). The smallest absolute Gasteiger partial charge is 0.304 e. The highest BCUT2D eigenvalue weighted by Crippen LogP contribution is 2.44. The highest BCUT2D eigenvalue weighted by molar-refractivity contribution is 5.69. The molecule has 38 heavy (non-hydrogen) atoms. The van der Waals surface area contributed by atoms with Crippen molar-refractivity contribution in [3.8, 4) is 34.4 Å². The minimum absolute atomic E-state index is 0.0135. The molecule has 0 saturated heterocycles. The third-order valence-electron chi connectivity index (χ3n) is 7.12. The maximum absolute atomic E-state index is 15.0. The zero-order valence-corrected chi connectivity index (χ0v) is 21.0. The number of aromatic nitrogens is 3. The number of aliphatic carboxylic acids is 1. The zero-order chi connectivity index (χ0) is 26.4. The van der Waals surface area contributed by atoms with E-state index >= 15 is 0 Å². The molecule has 3 aromatic carbocycles. The summed E-state index contributed by atoms with van der Waals surface area (Å²) in [5.74, 6) is 2.50. The van der Waals surface area contributed by atoms with Gasteiger partial charge in [0, 0.05) is 41.3 Å². The number of aryl methyl sites for hydroxylation is 2. The van der Waals surface area contributed by atoms with Crippen molar-refractivity contribution in [2.24, 2.45) is 7.05 Å². The van der Waals surface area contributed by atoms with Crippen molar-refractivity contribution in [3.63, 3.8) is 0 Å². The van der Waals surface area contributed by atoms with Gasteiger partial charge in [-0.3, -0.25) is 9.48 Å². The molecule has 4 aromatic rings. The molecule has 194 valence electrons. The average molecular weight is 516 g/mol. The van der Waals surface area contributed by atoms with Crippen molar-refractivity contribution in [2.45, 2.75) is 38.2 Å². The second kappa shape index (κ2) is 9.48. The van der Waals surface area contributed by atoms with Crippen molar-refractivity contribution in [1.82, 2.24) is 14.8 Å². The van der Waals surface area contributed by atoms with Crippen molar-refractivity contribution in [1.29, 1.82) is 0 Å². The molecule has 8 nitrogen and oxygen atoms in total. The van der Waals surface area contributed by atoms with Crippen molar-refractivity contribution in [2.75, 3.05) is 6.61 Å². The summed E-state index contributed by atoms with van der Waals surface area (Å²) in [7, 11) is 1.85. The van der Waals surface area contributed by atoms with Crippen LogP contribution in [-0.2, 0) is 18.3 Å². The third kappa shape index (κ3) is 4.44. The summed E-state index contributed by atoms with van der Waals surface area (Å²) in [6.45, 7) is 2.22. The quantitative estimate of drug-likeness (QED) is 0.335. The second-order valence-electron chi connectivity index (χ2n) is 9.62. The molecule has 1 aliphatic heterocycles. The first-order valence-electron chi connectivity index (χ1n) is 12.5. The largest absolute Gasteiger partial charge is 0.492 e. The molecule has 0 saturated carbocycles. The van der Waals surface area contributed by atoms with Crippen LogP contribution in [0.2, 0.25) is 0 Å². The van der Waals surface area contributed by atoms with E-state index in [1.807, 2.05) is 44.3 Å². The van der Waals surface area contributed by atoms with Crippen LogP contribution in [0.4, 0.5) is 4.39 Å². The van der Waals surface area contributed by atoms with E-state index in [2.05, 4.69) is 10.1 Å². The lowest BCUT2D eigenvalue weighted by Crippen LogP contribution is -2.07. The molecule has 1 aliphatic carbocycles. The maximum atomic E-state index is 15.0. The van der Waals surface area contributed by atoms with E-state index < -0.39 is 12.1 Å². The number of carboxylic acid groups (broad SMARTS) is 1. The Morgan fingerprint density at radius 2 is 1.95 bits per heavy atom. The van der Waals surface area contributed by atoms with Gasteiger partial charge in [0.15, 0.2) is 5.82 Å². The van der Waals surface area contributed by atoms with E-state index in [4.69, 9.17) is 19.3 Å². The van der Waals surface area contributed by atoms with Gasteiger partial charge in [0.05, 0.1) is 13.0 Å². The Bertz CT molecular complexity index is 1510. The Morgan fingerprint density at radius 1 is 1.16 bits per heavy atom. The summed E-state index contributed by atoms with van der Waals surface area (Å²) in [6.07, 6.45) is 0.767. The van der Waals surface area contributed by atoms with Gasteiger partial charge in [-0.05, 0) is 62.2 Å². The summed E-state index contributed by atoms with van der Waals surface area (Å²) in [6, 6.07) is 15.9.